The first-order valence-corrected chi connectivity index (χ1v) is 10.6. The summed E-state index contributed by atoms with van der Waals surface area (Å²) in [7, 11) is 0. The van der Waals surface area contributed by atoms with Gasteiger partial charge < -0.3 is 5.32 Å². The maximum absolute atomic E-state index is 13.4. The molecule has 2 bridgehead atoms. The fraction of sp³-hybridized carbons (Fsp3) is 0.522. The number of imide groups is 1. The topological polar surface area (TPSA) is 66.5 Å². The maximum Gasteiger partial charge on any atom is 0.240 e. The van der Waals surface area contributed by atoms with Gasteiger partial charge in [-0.25, -0.2) is 4.39 Å². The van der Waals surface area contributed by atoms with Gasteiger partial charge in [-0.3, -0.25) is 19.3 Å². The van der Waals surface area contributed by atoms with Gasteiger partial charge in [0.25, 0.3) is 0 Å². The van der Waals surface area contributed by atoms with Crippen LogP contribution in [0.5, 0.6) is 0 Å². The minimum absolute atomic E-state index is 0.139. The van der Waals surface area contributed by atoms with Gasteiger partial charge in [-0.1, -0.05) is 37.1 Å². The minimum Gasteiger partial charge on any atom is -0.347 e. The van der Waals surface area contributed by atoms with Crippen LogP contribution >= 0.6 is 0 Å². The van der Waals surface area contributed by atoms with Gasteiger partial charge in [0.05, 0.1) is 17.9 Å². The Kier molecular flexibility index (Phi) is 4.52. The van der Waals surface area contributed by atoms with Crippen LogP contribution < -0.4 is 5.32 Å². The van der Waals surface area contributed by atoms with Gasteiger partial charge in [0.15, 0.2) is 0 Å². The lowest BCUT2D eigenvalue weighted by atomic mass is 9.85. The molecule has 1 aromatic carbocycles. The van der Waals surface area contributed by atoms with Crippen LogP contribution in [-0.4, -0.2) is 29.2 Å². The minimum atomic E-state index is -0.326. The fourth-order valence-corrected chi connectivity index (χ4v) is 5.92. The molecule has 0 unspecified atom stereocenters. The average Bonchev–Trinajstić information content (AvgIpc) is 3.49. The number of fused-ring (bicyclic) bond motifs is 5. The number of halogens is 1. The molecule has 3 fully saturated rings. The maximum atomic E-state index is 13.4. The zero-order chi connectivity index (χ0) is 20.1. The zero-order valence-corrected chi connectivity index (χ0v) is 16.2. The molecule has 1 saturated heterocycles. The summed E-state index contributed by atoms with van der Waals surface area (Å²) < 4.78 is 13.4. The van der Waals surface area contributed by atoms with E-state index in [0.29, 0.717) is 0 Å². The quantitative estimate of drug-likeness (QED) is 0.615. The first-order chi connectivity index (χ1) is 14.0. The Morgan fingerprint density at radius 3 is 2.21 bits per heavy atom. The molecule has 3 aliphatic carbocycles. The van der Waals surface area contributed by atoms with E-state index >= 15 is 0 Å². The molecule has 1 aliphatic heterocycles. The normalized spacial score (nSPS) is 31.6. The highest BCUT2D eigenvalue weighted by Gasteiger charge is 2.59. The fourth-order valence-electron chi connectivity index (χ4n) is 5.92. The highest BCUT2D eigenvalue weighted by molar-refractivity contribution is 6.08. The molecule has 5 rings (SSSR count). The third kappa shape index (κ3) is 3.09. The number of carbonyl (C=O) groups is 3. The van der Waals surface area contributed by atoms with Crippen LogP contribution in [-0.2, 0) is 14.4 Å². The Morgan fingerprint density at radius 1 is 1.03 bits per heavy atom. The van der Waals surface area contributed by atoms with Crippen LogP contribution in [0.1, 0.15) is 43.7 Å². The van der Waals surface area contributed by atoms with Gasteiger partial charge in [-0.2, -0.15) is 0 Å². The van der Waals surface area contributed by atoms with E-state index in [2.05, 4.69) is 5.32 Å². The summed E-state index contributed by atoms with van der Waals surface area (Å²) in [5.41, 5.74) is 0.866. The number of carbonyl (C=O) groups excluding carboxylic acids is 3. The van der Waals surface area contributed by atoms with E-state index in [1.54, 1.807) is 12.1 Å². The molecule has 4 aliphatic rings. The lowest BCUT2D eigenvalue weighted by Gasteiger charge is -2.26. The second-order valence-corrected chi connectivity index (χ2v) is 8.90. The van der Waals surface area contributed by atoms with Gasteiger partial charge in [0, 0.05) is 0 Å². The second-order valence-electron chi connectivity index (χ2n) is 8.90. The molecule has 0 radical (unpaired) electrons. The highest BCUT2D eigenvalue weighted by atomic mass is 19.1. The number of allylic oxidation sites excluding steroid dienone is 2. The third-order valence-electron chi connectivity index (χ3n) is 7.28. The van der Waals surface area contributed by atoms with Crippen LogP contribution in [0.3, 0.4) is 0 Å². The van der Waals surface area contributed by atoms with E-state index in [4.69, 9.17) is 0 Å². The molecular formula is C23H25FN2O3. The Morgan fingerprint density at radius 2 is 1.62 bits per heavy atom. The van der Waals surface area contributed by atoms with Gasteiger partial charge in [-0.15, -0.1) is 0 Å². The van der Waals surface area contributed by atoms with Crippen molar-refractivity contribution in [2.24, 2.45) is 29.6 Å². The number of nitrogens with zero attached hydrogens (tertiary/aromatic N) is 1. The summed E-state index contributed by atoms with van der Waals surface area (Å²) >= 11 is 0. The molecule has 1 heterocycles. The van der Waals surface area contributed by atoms with Gasteiger partial charge in [0.2, 0.25) is 17.7 Å². The van der Waals surface area contributed by atoms with Crippen molar-refractivity contribution in [3.05, 3.63) is 47.8 Å². The number of nitrogens with one attached hydrogen (secondary N) is 1. The van der Waals surface area contributed by atoms with Crippen LogP contribution in [0.25, 0.3) is 0 Å². The van der Waals surface area contributed by atoms with Crippen molar-refractivity contribution < 1.29 is 18.8 Å². The van der Waals surface area contributed by atoms with Crippen LogP contribution in [0, 0.1) is 35.4 Å². The van der Waals surface area contributed by atoms with Gasteiger partial charge in [0.1, 0.15) is 12.4 Å². The molecular weight excluding hydrogens is 371 g/mol. The summed E-state index contributed by atoms with van der Waals surface area (Å²) in [6.45, 7) is -0.228. The summed E-state index contributed by atoms with van der Waals surface area (Å²) in [6.07, 6.45) is 9.20. The summed E-state index contributed by atoms with van der Waals surface area (Å²) in [5.74, 6) is -1.05. The van der Waals surface area contributed by atoms with E-state index in [1.807, 2.05) is 12.2 Å². The number of benzene rings is 1. The Bertz CT molecular complexity index is 845. The van der Waals surface area contributed by atoms with Crippen molar-refractivity contribution in [2.45, 2.75) is 38.1 Å². The predicted octanol–water partition coefficient (Wildman–Crippen LogP) is 2.98. The number of hydrogen-bond acceptors (Lipinski definition) is 3. The summed E-state index contributed by atoms with van der Waals surface area (Å²) in [4.78, 5) is 39.7. The van der Waals surface area contributed by atoms with Crippen molar-refractivity contribution in [3.63, 3.8) is 0 Å². The smallest absolute Gasteiger partial charge is 0.240 e. The van der Waals surface area contributed by atoms with Crippen LogP contribution in [0.15, 0.2) is 36.4 Å². The second kappa shape index (κ2) is 7.08. The SMILES string of the molecule is O=C(CN1C(=O)[C@@H]2[C@H](C1=O)[C@H]1C=C[C@H]2C1)N[C@@H](c1ccc(F)cc1)C1CCCC1. The van der Waals surface area contributed by atoms with Crippen molar-refractivity contribution in [3.8, 4) is 0 Å². The zero-order valence-electron chi connectivity index (χ0n) is 16.2. The number of hydrogen-bond donors (Lipinski definition) is 1. The number of rotatable bonds is 5. The summed E-state index contributed by atoms with van der Waals surface area (Å²) in [5, 5.41) is 3.04. The molecule has 29 heavy (non-hydrogen) atoms. The van der Waals surface area contributed by atoms with Gasteiger partial charge in [-0.05, 0) is 54.7 Å². The lowest BCUT2D eigenvalue weighted by molar-refractivity contribution is -0.144. The molecule has 1 N–H and O–H groups in total. The van der Waals surface area contributed by atoms with E-state index in [0.717, 1.165) is 42.6 Å². The van der Waals surface area contributed by atoms with E-state index in [1.165, 1.54) is 12.1 Å². The molecule has 0 aromatic heterocycles. The van der Waals surface area contributed by atoms with Crippen molar-refractivity contribution in [2.75, 3.05) is 6.54 Å². The molecule has 6 heteroatoms. The molecule has 0 spiro atoms. The summed E-state index contributed by atoms with van der Waals surface area (Å²) in [6, 6.07) is 5.99. The molecule has 152 valence electrons. The van der Waals surface area contributed by atoms with Gasteiger partial charge >= 0.3 is 0 Å². The molecule has 1 aromatic rings. The van der Waals surface area contributed by atoms with Crippen LogP contribution in [0.2, 0.25) is 0 Å². The predicted molar refractivity (Wildman–Crippen MR) is 104 cm³/mol. The average molecular weight is 396 g/mol. The van der Waals surface area contributed by atoms with E-state index in [-0.39, 0.29) is 65.7 Å². The van der Waals surface area contributed by atoms with Crippen molar-refractivity contribution in [1.82, 2.24) is 10.2 Å². The highest BCUT2D eigenvalue weighted by Crippen LogP contribution is 2.52. The Hall–Kier alpha value is -2.50. The standard InChI is InChI=1S/C23H25FN2O3/c24-17-9-7-14(8-10-17)21(13-3-1-2-4-13)25-18(27)12-26-22(28)19-15-5-6-16(11-15)20(19)23(26)29/h5-10,13,15-16,19-21H,1-4,11-12H2,(H,25,27)/t15-,16-,19-,20+,21+/m0/s1. The molecule has 2 saturated carbocycles. The Labute approximate surface area is 169 Å². The van der Waals surface area contributed by atoms with Crippen LogP contribution in [0.4, 0.5) is 4.39 Å². The largest absolute Gasteiger partial charge is 0.347 e. The lowest BCUT2D eigenvalue weighted by Crippen LogP contribution is -2.43. The molecule has 5 atom stereocenters. The molecule has 3 amide bonds. The third-order valence-corrected chi connectivity index (χ3v) is 7.28. The number of likely N-dealkylation sites (tertiary alicyclic amines) is 1. The molecule has 5 nitrogen and oxygen atoms in total. The monoisotopic (exact) mass is 396 g/mol. The Balaban J connectivity index is 1.30. The van der Waals surface area contributed by atoms with E-state index in [9.17, 15) is 18.8 Å². The number of amides is 3. The first-order valence-electron chi connectivity index (χ1n) is 10.6. The van der Waals surface area contributed by atoms with E-state index < -0.39 is 0 Å². The van der Waals surface area contributed by atoms with Crippen molar-refractivity contribution >= 4 is 17.7 Å². The first kappa shape index (κ1) is 18.5. The van der Waals surface area contributed by atoms with Crippen molar-refractivity contribution in [1.29, 1.82) is 0 Å².